The summed E-state index contributed by atoms with van der Waals surface area (Å²) in [4.78, 5) is 12.7. The van der Waals surface area contributed by atoms with Crippen molar-refractivity contribution in [1.29, 1.82) is 0 Å². The van der Waals surface area contributed by atoms with E-state index in [1.54, 1.807) is 6.07 Å². The van der Waals surface area contributed by atoms with E-state index in [1.807, 2.05) is 18.0 Å². The van der Waals surface area contributed by atoms with Crippen LogP contribution in [0.4, 0.5) is 11.4 Å². The number of nitro benzene ring substituents is 1. The van der Waals surface area contributed by atoms with Crippen LogP contribution in [0.25, 0.3) is 0 Å². The van der Waals surface area contributed by atoms with Crippen LogP contribution in [0.15, 0.2) is 18.2 Å². The first kappa shape index (κ1) is 14.1. The fourth-order valence-electron chi connectivity index (χ4n) is 2.31. The summed E-state index contributed by atoms with van der Waals surface area (Å²) in [5.41, 5.74) is 1.45. The lowest BCUT2D eigenvalue weighted by atomic mass is 10.1. The van der Waals surface area contributed by atoms with Gasteiger partial charge >= 0.3 is 0 Å². The molecule has 1 unspecified atom stereocenters. The van der Waals surface area contributed by atoms with E-state index in [0.717, 1.165) is 25.0 Å². The van der Waals surface area contributed by atoms with Crippen LogP contribution >= 0.6 is 11.6 Å². The van der Waals surface area contributed by atoms with Gasteiger partial charge in [0.05, 0.1) is 11.0 Å². The highest BCUT2D eigenvalue weighted by Crippen LogP contribution is 2.30. The molecule has 1 aliphatic heterocycles. The predicted molar refractivity (Wildman–Crippen MR) is 74.9 cm³/mol. The third-order valence-electron chi connectivity index (χ3n) is 3.30. The smallest absolute Gasteiger partial charge is 0.292 e. The fraction of sp³-hybridized carbons (Fsp3) is 0.538. The van der Waals surface area contributed by atoms with Gasteiger partial charge < -0.3 is 9.64 Å². The molecule has 0 spiro atoms. The van der Waals surface area contributed by atoms with Crippen LogP contribution in [0, 0.1) is 10.1 Å². The summed E-state index contributed by atoms with van der Waals surface area (Å²) >= 11 is 5.72. The van der Waals surface area contributed by atoms with Gasteiger partial charge in [-0.05, 0) is 24.5 Å². The van der Waals surface area contributed by atoms with E-state index in [0.29, 0.717) is 12.2 Å². The molecule has 1 heterocycles. The van der Waals surface area contributed by atoms with Crippen LogP contribution < -0.4 is 4.90 Å². The zero-order valence-corrected chi connectivity index (χ0v) is 11.6. The van der Waals surface area contributed by atoms with Gasteiger partial charge in [-0.1, -0.05) is 6.07 Å². The van der Waals surface area contributed by atoms with Gasteiger partial charge in [-0.3, -0.25) is 10.1 Å². The molecule has 6 heteroatoms. The highest BCUT2D eigenvalue weighted by molar-refractivity contribution is 6.17. The van der Waals surface area contributed by atoms with Crippen LogP contribution in [-0.2, 0) is 10.6 Å². The van der Waals surface area contributed by atoms with Gasteiger partial charge in [0.25, 0.3) is 5.69 Å². The predicted octanol–water partition coefficient (Wildman–Crippen LogP) is 2.95. The monoisotopic (exact) mass is 284 g/mol. The van der Waals surface area contributed by atoms with Gasteiger partial charge in [-0.15, -0.1) is 11.6 Å². The van der Waals surface area contributed by atoms with Crippen molar-refractivity contribution in [2.75, 3.05) is 25.1 Å². The summed E-state index contributed by atoms with van der Waals surface area (Å²) in [6.07, 6.45) is 2.24. The molecule has 0 radical (unpaired) electrons. The highest BCUT2D eigenvalue weighted by Gasteiger charge is 2.22. The molecule has 0 aromatic heterocycles. The maximum absolute atomic E-state index is 11.1. The van der Waals surface area contributed by atoms with Crippen LogP contribution in [-0.4, -0.2) is 31.2 Å². The van der Waals surface area contributed by atoms with E-state index in [1.165, 1.54) is 6.07 Å². The van der Waals surface area contributed by atoms with Gasteiger partial charge in [-0.2, -0.15) is 0 Å². The number of likely N-dealkylation sites (N-methyl/N-ethyl adjacent to an activating group) is 1. The van der Waals surface area contributed by atoms with E-state index in [4.69, 9.17) is 16.3 Å². The topological polar surface area (TPSA) is 55.6 Å². The first-order valence-electron chi connectivity index (χ1n) is 6.28. The zero-order chi connectivity index (χ0) is 13.8. The Labute approximate surface area is 117 Å². The minimum atomic E-state index is -0.364. The highest BCUT2D eigenvalue weighted by atomic mass is 35.5. The SMILES string of the molecule is CN(CC1CCCO1)c1ccc(CCl)cc1[N+](=O)[O-]. The Bertz CT molecular complexity index is 461. The first-order chi connectivity index (χ1) is 9.11. The number of halogens is 1. The Kier molecular flexibility index (Phi) is 4.61. The van der Waals surface area contributed by atoms with Crippen molar-refractivity contribution < 1.29 is 9.66 Å². The lowest BCUT2D eigenvalue weighted by Gasteiger charge is -2.22. The number of anilines is 1. The molecular formula is C13H17ClN2O3. The van der Waals surface area contributed by atoms with E-state index in [-0.39, 0.29) is 22.6 Å². The van der Waals surface area contributed by atoms with Crippen molar-refractivity contribution in [1.82, 2.24) is 0 Å². The Morgan fingerprint density at radius 1 is 1.58 bits per heavy atom. The number of hydrogen-bond donors (Lipinski definition) is 0. The first-order valence-corrected chi connectivity index (χ1v) is 6.81. The van der Waals surface area contributed by atoms with Crippen molar-refractivity contribution in [3.05, 3.63) is 33.9 Å². The number of alkyl halides is 1. The summed E-state index contributed by atoms with van der Waals surface area (Å²) < 4.78 is 5.56. The molecule has 0 bridgehead atoms. The molecule has 0 amide bonds. The van der Waals surface area contributed by atoms with E-state index in [2.05, 4.69) is 0 Å². The third-order valence-corrected chi connectivity index (χ3v) is 3.61. The lowest BCUT2D eigenvalue weighted by molar-refractivity contribution is -0.384. The fourth-order valence-corrected chi connectivity index (χ4v) is 2.48. The zero-order valence-electron chi connectivity index (χ0n) is 10.8. The molecule has 1 saturated heterocycles. The van der Waals surface area contributed by atoms with Crippen molar-refractivity contribution >= 4 is 23.0 Å². The van der Waals surface area contributed by atoms with Crippen LogP contribution in [0.5, 0.6) is 0 Å². The average molecular weight is 285 g/mol. The van der Waals surface area contributed by atoms with E-state index in [9.17, 15) is 10.1 Å². The number of hydrogen-bond acceptors (Lipinski definition) is 4. The standard InChI is InChI=1S/C13H17ClN2O3/c1-15(9-11-3-2-6-19-11)12-5-4-10(8-14)7-13(12)16(17)18/h4-5,7,11H,2-3,6,8-9H2,1H3. The number of rotatable bonds is 5. The normalized spacial score (nSPS) is 18.5. The third kappa shape index (κ3) is 3.36. The molecule has 1 aliphatic rings. The molecule has 1 aromatic rings. The molecule has 0 saturated carbocycles. The maximum Gasteiger partial charge on any atom is 0.292 e. The summed E-state index contributed by atoms with van der Waals surface area (Å²) in [6.45, 7) is 1.45. The van der Waals surface area contributed by atoms with Gasteiger partial charge in [0.15, 0.2) is 0 Å². The summed E-state index contributed by atoms with van der Waals surface area (Å²) in [7, 11) is 1.85. The summed E-state index contributed by atoms with van der Waals surface area (Å²) in [5, 5.41) is 11.1. The quantitative estimate of drug-likeness (QED) is 0.474. The molecule has 0 aliphatic carbocycles. The van der Waals surface area contributed by atoms with Gasteiger partial charge in [0.2, 0.25) is 0 Å². The summed E-state index contributed by atoms with van der Waals surface area (Å²) in [6, 6.07) is 5.11. The van der Waals surface area contributed by atoms with Crippen molar-refractivity contribution in [3.63, 3.8) is 0 Å². The Balaban J connectivity index is 2.19. The molecule has 19 heavy (non-hydrogen) atoms. The molecule has 1 fully saturated rings. The second-order valence-corrected chi connectivity index (χ2v) is 5.00. The molecule has 2 rings (SSSR count). The molecule has 0 N–H and O–H groups in total. The van der Waals surface area contributed by atoms with Crippen LogP contribution in [0.2, 0.25) is 0 Å². The Hall–Kier alpha value is -1.33. The second kappa shape index (κ2) is 6.21. The lowest BCUT2D eigenvalue weighted by Crippen LogP contribution is -2.29. The number of ether oxygens (including phenoxy) is 1. The van der Waals surface area contributed by atoms with Gasteiger partial charge in [0.1, 0.15) is 5.69 Å². The second-order valence-electron chi connectivity index (χ2n) is 4.73. The molecule has 5 nitrogen and oxygen atoms in total. The Morgan fingerprint density at radius 2 is 2.37 bits per heavy atom. The largest absolute Gasteiger partial charge is 0.376 e. The average Bonchev–Trinajstić information content (AvgIpc) is 2.90. The summed E-state index contributed by atoms with van der Waals surface area (Å²) in [5.74, 6) is 0.274. The molecular weight excluding hydrogens is 268 g/mol. The van der Waals surface area contributed by atoms with Crippen molar-refractivity contribution in [2.24, 2.45) is 0 Å². The van der Waals surface area contributed by atoms with Crippen LogP contribution in [0.1, 0.15) is 18.4 Å². The minimum absolute atomic E-state index is 0.0960. The Morgan fingerprint density at radius 3 is 2.95 bits per heavy atom. The van der Waals surface area contributed by atoms with Crippen molar-refractivity contribution in [3.8, 4) is 0 Å². The molecule has 1 aromatic carbocycles. The maximum atomic E-state index is 11.1. The van der Waals surface area contributed by atoms with Crippen LogP contribution in [0.3, 0.4) is 0 Å². The van der Waals surface area contributed by atoms with E-state index >= 15 is 0 Å². The number of nitro groups is 1. The van der Waals surface area contributed by atoms with Gasteiger partial charge in [0, 0.05) is 32.1 Å². The van der Waals surface area contributed by atoms with Crippen molar-refractivity contribution in [2.45, 2.75) is 24.8 Å². The molecule has 1 atom stereocenters. The number of nitrogens with zero attached hydrogens (tertiary/aromatic N) is 2. The van der Waals surface area contributed by atoms with E-state index < -0.39 is 0 Å². The number of benzene rings is 1. The van der Waals surface area contributed by atoms with Gasteiger partial charge in [-0.25, -0.2) is 0 Å². The minimum Gasteiger partial charge on any atom is -0.376 e. The molecule has 104 valence electrons.